The summed E-state index contributed by atoms with van der Waals surface area (Å²) in [5.74, 6) is 1.67. The summed E-state index contributed by atoms with van der Waals surface area (Å²) in [4.78, 5) is 1.42. The van der Waals surface area contributed by atoms with Crippen LogP contribution in [0.25, 0.3) is 0 Å². The molecule has 1 N–H and O–H groups in total. The zero-order valence-electron chi connectivity index (χ0n) is 9.33. The molecule has 0 saturated carbocycles. The summed E-state index contributed by atoms with van der Waals surface area (Å²) in [6, 6.07) is 8.49. The van der Waals surface area contributed by atoms with Crippen LogP contribution in [0, 0.1) is 7.05 Å². The van der Waals surface area contributed by atoms with Crippen LogP contribution in [-0.2, 0) is 0 Å². The van der Waals surface area contributed by atoms with Crippen molar-refractivity contribution in [2.75, 3.05) is 20.2 Å². The molecule has 0 bridgehead atoms. The van der Waals surface area contributed by atoms with Crippen LogP contribution >= 0.6 is 0 Å². The number of ether oxygens (including phenoxy) is 1. The largest absolute Gasteiger partial charge is 0.497 e. The van der Waals surface area contributed by atoms with Crippen LogP contribution in [0.3, 0.4) is 0 Å². The average Bonchev–Trinajstić information content (AvgIpc) is 2.30. The lowest BCUT2D eigenvalue weighted by molar-refractivity contribution is -0.859. The quantitative estimate of drug-likeness (QED) is 0.717. The van der Waals surface area contributed by atoms with Gasteiger partial charge in [-0.3, -0.25) is 0 Å². The summed E-state index contributed by atoms with van der Waals surface area (Å²) in [6.07, 6.45) is 2.51. The maximum absolute atomic E-state index is 5.16. The van der Waals surface area contributed by atoms with Crippen LogP contribution in [0.15, 0.2) is 24.3 Å². The molecule has 0 radical (unpaired) electrons. The predicted molar refractivity (Wildman–Crippen MR) is 61.0 cm³/mol. The van der Waals surface area contributed by atoms with E-state index in [2.05, 4.69) is 31.3 Å². The molecular formula is C13H19NO. The topological polar surface area (TPSA) is 13.7 Å². The van der Waals surface area contributed by atoms with Gasteiger partial charge < -0.3 is 9.64 Å². The van der Waals surface area contributed by atoms with Crippen LogP contribution in [0.1, 0.15) is 24.3 Å². The Bertz CT molecular complexity index is 299. The van der Waals surface area contributed by atoms with Gasteiger partial charge in [-0.05, 0) is 23.6 Å². The Morgan fingerprint density at radius 2 is 1.80 bits per heavy atom. The highest BCUT2D eigenvalue weighted by Crippen LogP contribution is 2.25. The minimum Gasteiger partial charge on any atom is -0.497 e. The third kappa shape index (κ3) is 2.51. The minimum absolute atomic E-state index is 0.724. The van der Waals surface area contributed by atoms with E-state index in [9.17, 15) is 0 Å². The normalized spacial score (nSPS) is 26.3. The van der Waals surface area contributed by atoms with Gasteiger partial charge in [-0.25, -0.2) is 0 Å². The molecule has 1 aromatic carbocycles. The van der Waals surface area contributed by atoms with Gasteiger partial charge in [0.05, 0.1) is 20.2 Å². The maximum Gasteiger partial charge on any atom is 0.118 e. The first-order valence-electron chi connectivity index (χ1n) is 5.60. The number of hydrogen-bond acceptors (Lipinski definition) is 1. The standard InChI is InChI=1S/C13H19NO/c1-14-9-7-12(8-10-14)11-3-5-13(15-2)6-4-11/h3-6,12,14H,1,7-10H2,2H3. The molecule has 1 aliphatic heterocycles. The Labute approximate surface area is 91.9 Å². The van der Waals surface area contributed by atoms with Crippen molar-refractivity contribution in [2.24, 2.45) is 0 Å². The Hall–Kier alpha value is -1.02. The van der Waals surface area contributed by atoms with E-state index in [0.29, 0.717) is 0 Å². The second kappa shape index (κ2) is 4.67. The van der Waals surface area contributed by atoms with E-state index in [1.54, 1.807) is 7.11 Å². The van der Waals surface area contributed by atoms with Crippen molar-refractivity contribution < 1.29 is 9.64 Å². The second-order valence-corrected chi connectivity index (χ2v) is 4.30. The monoisotopic (exact) mass is 205 g/mol. The molecule has 15 heavy (non-hydrogen) atoms. The van der Waals surface area contributed by atoms with E-state index >= 15 is 0 Å². The second-order valence-electron chi connectivity index (χ2n) is 4.30. The first-order valence-corrected chi connectivity index (χ1v) is 5.60. The molecule has 2 rings (SSSR count). The molecule has 1 aromatic rings. The molecule has 2 heteroatoms. The van der Waals surface area contributed by atoms with Gasteiger partial charge >= 0.3 is 0 Å². The molecule has 1 fully saturated rings. The molecule has 0 aliphatic carbocycles. The Morgan fingerprint density at radius 3 is 2.33 bits per heavy atom. The zero-order chi connectivity index (χ0) is 10.7. The minimum atomic E-state index is 0.724. The predicted octanol–water partition coefficient (Wildman–Crippen LogP) is 1.25. The van der Waals surface area contributed by atoms with Gasteiger partial charge in [-0.2, -0.15) is 7.05 Å². The lowest BCUT2D eigenvalue weighted by Gasteiger charge is -2.31. The van der Waals surface area contributed by atoms with Crippen molar-refractivity contribution in [1.29, 1.82) is 0 Å². The van der Waals surface area contributed by atoms with Crippen molar-refractivity contribution in [1.82, 2.24) is 0 Å². The van der Waals surface area contributed by atoms with E-state index in [0.717, 1.165) is 11.7 Å². The number of rotatable bonds is 2. The fourth-order valence-corrected chi connectivity index (χ4v) is 2.24. The van der Waals surface area contributed by atoms with Gasteiger partial charge in [-0.15, -0.1) is 0 Å². The van der Waals surface area contributed by atoms with Crippen molar-refractivity contribution in [3.05, 3.63) is 36.9 Å². The zero-order valence-corrected chi connectivity index (χ0v) is 9.33. The third-order valence-electron chi connectivity index (χ3n) is 3.28. The van der Waals surface area contributed by atoms with E-state index in [4.69, 9.17) is 4.74 Å². The van der Waals surface area contributed by atoms with Crippen LogP contribution in [0.2, 0.25) is 0 Å². The number of piperidine rings is 1. The molecule has 1 heterocycles. The van der Waals surface area contributed by atoms with Crippen LogP contribution in [0.4, 0.5) is 0 Å². The molecule has 1 aliphatic rings. The van der Waals surface area contributed by atoms with Crippen molar-refractivity contribution in [3.63, 3.8) is 0 Å². The van der Waals surface area contributed by atoms with Gasteiger partial charge in [0, 0.05) is 12.8 Å². The molecule has 0 unspecified atom stereocenters. The highest BCUT2D eigenvalue weighted by molar-refractivity contribution is 5.29. The summed E-state index contributed by atoms with van der Waals surface area (Å²) < 4.78 is 5.16. The molecular weight excluding hydrogens is 186 g/mol. The van der Waals surface area contributed by atoms with Gasteiger partial charge in [0.25, 0.3) is 0 Å². The Kier molecular flexibility index (Phi) is 3.27. The summed E-state index contributed by atoms with van der Waals surface area (Å²) in [5, 5.41) is 0. The maximum atomic E-state index is 5.16. The summed E-state index contributed by atoms with van der Waals surface area (Å²) in [7, 11) is 5.76. The van der Waals surface area contributed by atoms with E-state index in [1.165, 1.54) is 36.4 Å². The molecule has 0 aromatic heterocycles. The first kappa shape index (κ1) is 10.5. The lowest BCUT2D eigenvalue weighted by atomic mass is 9.90. The van der Waals surface area contributed by atoms with E-state index in [-0.39, 0.29) is 0 Å². The van der Waals surface area contributed by atoms with Gasteiger partial charge in [0.2, 0.25) is 0 Å². The van der Waals surface area contributed by atoms with Crippen LogP contribution in [-0.4, -0.2) is 20.2 Å². The van der Waals surface area contributed by atoms with Crippen molar-refractivity contribution >= 4 is 0 Å². The molecule has 0 atom stereocenters. The summed E-state index contributed by atoms with van der Waals surface area (Å²) in [6.45, 7) is 2.38. The third-order valence-corrected chi connectivity index (χ3v) is 3.28. The van der Waals surface area contributed by atoms with Gasteiger partial charge in [0.15, 0.2) is 0 Å². The number of nitrogens with one attached hydrogen (secondary N) is 1. The number of methoxy groups -OCH3 is 1. The van der Waals surface area contributed by atoms with Crippen molar-refractivity contribution in [2.45, 2.75) is 18.8 Å². The molecule has 0 amide bonds. The summed E-state index contributed by atoms with van der Waals surface area (Å²) >= 11 is 0. The summed E-state index contributed by atoms with van der Waals surface area (Å²) in [5.41, 5.74) is 1.45. The fraction of sp³-hybridized carbons (Fsp3) is 0.462. The SMILES string of the molecule is [CH2-][NH+]1CCC(c2ccc(OC)cc2)CC1. The van der Waals surface area contributed by atoms with E-state index in [1.807, 2.05) is 0 Å². The average molecular weight is 205 g/mol. The molecule has 2 nitrogen and oxygen atoms in total. The lowest BCUT2D eigenvalue weighted by Crippen LogP contribution is -3.07. The molecule has 82 valence electrons. The van der Waals surface area contributed by atoms with Crippen LogP contribution in [0.5, 0.6) is 5.75 Å². The highest BCUT2D eigenvalue weighted by Gasteiger charge is 2.18. The van der Waals surface area contributed by atoms with E-state index < -0.39 is 0 Å². The van der Waals surface area contributed by atoms with Crippen molar-refractivity contribution in [3.8, 4) is 5.75 Å². The number of benzene rings is 1. The fourth-order valence-electron chi connectivity index (χ4n) is 2.24. The smallest absolute Gasteiger partial charge is 0.118 e. The Morgan fingerprint density at radius 1 is 1.20 bits per heavy atom. The van der Waals surface area contributed by atoms with Crippen LogP contribution < -0.4 is 9.64 Å². The van der Waals surface area contributed by atoms with Gasteiger partial charge in [-0.1, -0.05) is 12.1 Å². The highest BCUT2D eigenvalue weighted by atomic mass is 16.5. The molecule has 0 spiro atoms. The van der Waals surface area contributed by atoms with Gasteiger partial charge in [0.1, 0.15) is 5.75 Å². The number of quaternary nitrogens is 1. The first-order chi connectivity index (χ1) is 7.29. The molecule has 1 saturated heterocycles. The Balaban J connectivity index is 2.03. The number of hydrogen-bond donors (Lipinski definition) is 1. The number of likely N-dealkylation sites (tertiary alicyclic amines) is 1.